The van der Waals surface area contributed by atoms with Crippen molar-refractivity contribution in [2.24, 2.45) is 5.92 Å². The van der Waals surface area contributed by atoms with E-state index in [4.69, 9.17) is 8.85 Å². The van der Waals surface area contributed by atoms with Crippen molar-refractivity contribution in [2.75, 3.05) is 24.7 Å². The van der Waals surface area contributed by atoms with Gasteiger partial charge in [-0.2, -0.15) is 0 Å². The number of ether oxygens (including phenoxy) is 1. The molecule has 9 heteroatoms. The van der Waals surface area contributed by atoms with E-state index >= 15 is 0 Å². The van der Waals surface area contributed by atoms with Crippen molar-refractivity contribution in [1.29, 1.82) is 0 Å². The van der Waals surface area contributed by atoms with E-state index in [2.05, 4.69) is 20.6 Å². The minimum atomic E-state index is -2.67. The van der Waals surface area contributed by atoms with Crippen molar-refractivity contribution in [2.45, 2.75) is 19.8 Å². The maximum absolute atomic E-state index is 12.7. The van der Waals surface area contributed by atoms with Crippen LogP contribution in [0.5, 0.6) is 5.75 Å². The van der Waals surface area contributed by atoms with Crippen molar-refractivity contribution >= 4 is 40.3 Å². The Balaban J connectivity index is 1.72. The monoisotopic (exact) mass is 440 g/mol. The summed E-state index contributed by atoms with van der Waals surface area (Å²) in [6, 6.07) is 6.94. The third-order valence-electron chi connectivity index (χ3n) is 4.84. The predicted octanol–water partition coefficient (Wildman–Crippen LogP) is 3.97. The summed E-state index contributed by atoms with van der Waals surface area (Å²) in [4.78, 5) is 33.5. The summed E-state index contributed by atoms with van der Waals surface area (Å²) >= 11 is 1.51. The Morgan fingerprint density at radius 2 is 2.13 bits per heavy atom. The number of para-hydroxylation sites is 1. The molecule has 8 nitrogen and oxygen atoms in total. The van der Waals surface area contributed by atoms with Gasteiger partial charge in [0.2, 0.25) is 5.91 Å². The number of carbonyl (C=O) groups is 2. The number of benzene rings is 1. The predicted molar refractivity (Wildman–Crippen MR) is 121 cm³/mol. The van der Waals surface area contributed by atoms with Crippen LogP contribution in [0, 0.1) is 12.8 Å². The molecule has 31 heavy (non-hydrogen) atoms. The number of nitrogens with one attached hydrogen (secondary N) is 3. The first kappa shape index (κ1) is 17.2. The van der Waals surface area contributed by atoms with Crippen molar-refractivity contribution in [1.82, 2.24) is 15.3 Å². The van der Waals surface area contributed by atoms with Crippen LogP contribution in [0.1, 0.15) is 32.3 Å². The summed E-state index contributed by atoms with van der Waals surface area (Å²) in [6.07, 6.45) is 2.89. The summed E-state index contributed by atoms with van der Waals surface area (Å²) in [6.45, 7) is -0.764. The summed E-state index contributed by atoms with van der Waals surface area (Å²) in [5, 5.41) is 10.7. The number of hydrogen-bond acceptors (Lipinski definition) is 7. The zero-order chi connectivity index (χ0) is 24.5. The molecule has 160 valence electrons. The molecule has 1 aliphatic carbocycles. The Morgan fingerprint density at radius 3 is 2.81 bits per heavy atom. The van der Waals surface area contributed by atoms with Crippen molar-refractivity contribution < 1.29 is 18.4 Å². The third-order valence-corrected chi connectivity index (χ3v) is 5.62. The maximum Gasteiger partial charge on any atom is 0.254 e. The van der Waals surface area contributed by atoms with Crippen molar-refractivity contribution in [3.63, 3.8) is 0 Å². The third kappa shape index (κ3) is 4.51. The largest absolute Gasteiger partial charge is 0.494 e. The molecule has 0 saturated heterocycles. The Hall–Kier alpha value is -3.46. The van der Waals surface area contributed by atoms with E-state index in [0.717, 1.165) is 29.1 Å². The van der Waals surface area contributed by atoms with Crippen LogP contribution in [0.3, 0.4) is 0 Å². The van der Waals surface area contributed by atoms with Gasteiger partial charge in [0.25, 0.3) is 5.91 Å². The highest BCUT2D eigenvalue weighted by molar-refractivity contribution is 7.09. The topological polar surface area (TPSA) is 105 Å². The number of methoxy groups -OCH3 is 1. The molecule has 0 atom stereocenters. The number of nitrogens with zero attached hydrogens (tertiary/aromatic N) is 2. The van der Waals surface area contributed by atoms with E-state index in [0.29, 0.717) is 11.4 Å². The highest BCUT2D eigenvalue weighted by Gasteiger charge is 2.30. The van der Waals surface area contributed by atoms with E-state index in [9.17, 15) is 9.59 Å². The SMILES string of the molecule is [2H]C([2H])([2H])NC(=O)c1cnc(NC(=O)C2CC2)cc1Nc1cccc(-c2csc(C)n2)c1OC. The summed E-state index contributed by atoms with van der Waals surface area (Å²) in [5.41, 5.74) is 2.28. The van der Waals surface area contributed by atoms with E-state index in [-0.39, 0.29) is 28.9 Å². The molecular formula is C22H23N5O3S. The lowest BCUT2D eigenvalue weighted by Crippen LogP contribution is -2.20. The molecule has 4 rings (SSSR count). The highest BCUT2D eigenvalue weighted by atomic mass is 32.1. The lowest BCUT2D eigenvalue weighted by atomic mass is 10.1. The smallest absolute Gasteiger partial charge is 0.254 e. The fraction of sp³-hybridized carbons (Fsp3) is 0.273. The first-order valence-electron chi connectivity index (χ1n) is 11.1. The zero-order valence-corrected chi connectivity index (χ0v) is 17.8. The van der Waals surface area contributed by atoms with Gasteiger partial charge in [0.1, 0.15) is 5.82 Å². The van der Waals surface area contributed by atoms with Gasteiger partial charge in [-0.3, -0.25) is 9.59 Å². The number of carbonyl (C=O) groups excluding carboxylic acids is 2. The molecule has 1 saturated carbocycles. The molecular weight excluding hydrogens is 414 g/mol. The summed E-state index contributed by atoms with van der Waals surface area (Å²) in [5.74, 6) is -0.266. The Kier molecular flexibility index (Phi) is 4.85. The molecule has 3 aromatic rings. The number of aryl methyl sites for hydroxylation is 1. The fourth-order valence-electron chi connectivity index (χ4n) is 3.14. The van der Waals surface area contributed by atoms with Crippen molar-refractivity contribution in [3.8, 4) is 17.0 Å². The van der Waals surface area contributed by atoms with Gasteiger partial charge in [-0.25, -0.2) is 9.97 Å². The number of rotatable bonds is 7. The fourth-order valence-corrected chi connectivity index (χ4v) is 3.75. The van der Waals surface area contributed by atoms with Crippen LogP contribution in [0.25, 0.3) is 11.3 Å². The van der Waals surface area contributed by atoms with E-state index in [1.807, 2.05) is 29.8 Å². The quantitative estimate of drug-likeness (QED) is 0.513. The second kappa shape index (κ2) is 8.73. The number of aromatic nitrogens is 2. The Bertz CT molecular complexity index is 1240. The minimum absolute atomic E-state index is 0.00231. The summed E-state index contributed by atoms with van der Waals surface area (Å²) < 4.78 is 27.7. The number of pyridine rings is 1. The zero-order valence-electron chi connectivity index (χ0n) is 20.0. The van der Waals surface area contributed by atoms with Gasteiger partial charge in [-0.1, -0.05) is 6.07 Å². The number of amides is 2. The number of anilines is 3. The van der Waals surface area contributed by atoms with Gasteiger partial charge >= 0.3 is 0 Å². The van der Waals surface area contributed by atoms with Gasteiger partial charge in [0.05, 0.1) is 34.7 Å². The molecule has 0 unspecified atom stereocenters. The van der Waals surface area contributed by atoms with Crippen LogP contribution >= 0.6 is 11.3 Å². The molecule has 2 aromatic heterocycles. The second-order valence-corrected chi connectivity index (χ2v) is 8.16. The summed E-state index contributed by atoms with van der Waals surface area (Å²) in [7, 11) is 1.53. The lowest BCUT2D eigenvalue weighted by molar-refractivity contribution is -0.117. The van der Waals surface area contributed by atoms with Gasteiger partial charge < -0.3 is 20.7 Å². The van der Waals surface area contributed by atoms with Crippen LogP contribution in [0.4, 0.5) is 17.2 Å². The van der Waals surface area contributed by atoms with Gasteiger partial charge in [-0.15, -0.1) is 11.3 Å². The van der Waals surface area contributed by atoms with Gasteiger partial charge in [0.15, 0.2) is 5.75 Å². The van der Waals surface area contributed by atoms with Crippen LogP contribution < -0.4 is 20.7 Å². The maximum atomic E-state index is 12.7. The Labute approximate surface area is 188 Å². The molecule has 0 radical (unpaired) electrons. The first-order chi connectivity index (χ1) is 16.1. The first-order valence-corrected chi connectivity index (χ1v) is 10.5. The molecule has 0 aliphatic heterocycles. The molecule has 1 aromatic carbocycles. The molecule has 3 N–H and O–H groups in total. The molecule has 1 fully saturated rings. The average molecular weight is 441 g/mol. The standard InChI is InChI=1S/C22H23N5O3S/c1-12-25-18(11-31-12)14-5-4-6-16(20(14)30-3)26-17-9-19(27-21(28)13-7-8-13)24-10-15(17)22(29)23-2/h4-6,9-11,13H,7-8H2,1-3H3,(H,23,29)(H2,24,26,27,28)/i2D3. The van der Waals surface area contributed by atoms with E-state index in [1.54, 1.807) is 6.07 Å². The minimum Gasteiger partial charge on any atom is -0.494 e. The molecule has 0 bridgehead atoms. The van der Waals surface area contributed by atoms with Crippen molar-refractivity contribution in [3.05, 3.63) is 46.4 Å². The van der Waals surface area contributed by atoms with Crippen LogP contribution in [0.15, 0.2) is 35.8 Å². The van der Waals surface area contributed by atoms with E-state index < -0.39 is 12.9 Å². The highest BCUT2D eigenvalue weighted by Crippen LogP contribution is 2.39. The second-order valence-electron chi connectivity index (χ2n) is 7.10. The number of thiazole rings is 1. The van der Waals surface area contributed by atoms with Crippen LogP contribution in [-0.4, -0.2) is 35.9 Å². The molecule has 2 amide bonds. The van der Waals surface area contributed by atoms with Crippen LogP contribution in [-0.2, 0) is 4.79 Å². The Morgan fingerprint density at radius 1 is 1.29 bits per heavy atom. The molecule has 0 spiro atoms. The lowest BCUT2D eigenvalue weighted by Gasteiger charge is -2.17. The molecule has 2 heterocycles. The number of hydrogen-bond donors (Lipinski definition) is 3. The van der Waals surface area contributed by atoms with Crippen LogP contribution in [0.2, 0.25) is 0 Å². The average Bonchev–Trinajstić information content (AvgIpc) is 3.53. The van der Waals surface area contributed by atoms with Gasteiger partial charge in [0, 0.05) is 40.2 Å². The van der Waals surface area contributed by atoms with E-state index in [1.165, 1.54) is 30.7 Å². The normalized spacial score (nSPS) is 14.7. The van der Waals surface area contributed by atoms with Gasteiger partial charge in [-0.05, 0) is 31.9 Å². The molecule has 1 aliphatic rings.